The van der Waals surface area contributed by atoms with Gasteiger partial charge < -0.3 is 10.6 Å². The van der Waals surface area contributed by atoms with Gasteiger partial charge in [-0.1, -0.05) is 6.92 Å². The van der Waals surface area contributed by atoms with Crippen molar-refractivity contribution in [1.29, 1.82) is 0 Å². The summed E-state index contributed by atoms with van der Waals surface area (Å²) in [5.41, 5.74) is 6.23. The highest BCUT2D eigenvalue weighted by atomic mass is 32.2. The number of hydrogen-bond donors (Lipinski definition) is 1. The van der Waals surface area contributed by atoms with Crippen molar-refractivity contribution in [2.24, 2.45) is 17.6 Å². The predicted molar refractivity (Wildman–Crippen MR) is 75.0 cm³/mol. The second-order valence-corrected chi connectivity index (χ2v) is 6.50. The summed E-state index contributed by atoms with van der Waals surface area (Å²) < 4.78 is 0. The van der Waals surface area contributed by atoms with Crippen molar-refractivity contribution in [1.82, 2.24) is 4.90 Å². The van der Waals surface area contributed by atoms with Gasteiger partial charge in [0.05, 0.1) is 0 Å². The molecule has 0 bridgehead atoms. The van der Waals surface area contributed by atoms with E-state index in [0.29, 0.717) is 18.0 Å². The topological polar surface area (TPSA) is 29.3 Å². The molecule has 2 N–H and O–H groups in total. The van der Waals surface area contributed by atoms with E-state index in [1.807, 2.05) is 11.8 Å². The molecule has 0 radical (unpaired) electrons. The Labute approximate surface area is 105 Å². The molecule has 0 aliphatic heterocycles. The fourth-order valence-electron chi connectivity index (χ4n) is 2.65. The van der Waals surface area contributed by atoms with Crippen LogP contribution >= 0.6 is 11.8 Å². The minimum Gasteiger partial charge on any atom is -0.327 e. The van der Waals surface area contributed by atoms with E-state index in [9.17, 15) is 0 Å². The average molecular weight is 244 g/mol. The maximum Gasteiger partial charge on any atom is 0.0155 e. The minimum atomic E-state index is 0.431. The maximum absolute atomic E-state index is 6.23. The van der Waals surface area contributed by atoms with Crippen LogP contribution in [0.25, 0.3) is 0 Å². The van der Waals surface area contributed by atoms with E-state index in [4.69, 9.17) is 5.73 Å². The number of nitrogens with zero attached hydrogens (tertiary/aromatic N) is 1. The van der Waals surface area contributed by atoms with Crippen molar-refractivity contribution in [2.45, 2.75) is 45.2 Å². The Morgan fingerprint density at radius 2 is 2.12 bits per heavy atom. The Morgan fingerprint density at radius 1 is 1.44 bits per heavy atom. The van der Waals surface area contributed by atoms with Crippen LogP contribution in [0.15, 0.2) is 0 Å². The van der Waals surface area contributed by atoms with Gasteiger partial charge in [0.15, 0.2) is 0 Å². The number of hydrogen-bond acceptors (Lipinski definition) is 3. The molecule has 1 rings (SSSR count). The molecule has 1 saturated carbocycles. The van der Waals surface area contributed by atoms with Crippen LogP contribution in [0.4, 0.5) is 0 Å². The van der Waals surface area contributed by atoms with Crippen molar-refractivity contribution in [3.05, 3.63) is 0 Å². The summed E-state index contributed by atoms with van der Waals surface area (Å²) in [6.07, 6.45) is 6.04. The quantitative estimate of drug-likeness (QED) is 0.805. The summed E-state index contributed by atoms with van der Waals surface area (Å²) in [5, 5.41) is 0. The molecule has 1 aliphatic carbocycles. The monoisotopic (exact) mass is 244 g/mol. The molecule has 0 aromatic rings. The fourth-order valence-corrected chi connectivity index (χ4v) is 3.39. The zero-order chi connectivity index (χ0) is 12.1. The van der Waals surface area contributed by atoms with Crippen LogP contribution in [0.5, 0.6) is 0 Å². The summed E-state index contributed by atoms with van der Waals surface area (Å²) in [5.74, 6) is 2.79. The van der Waals surface area contributed by atoms with Crippen molar-refractivity contribution >= 4 is 11.8 Å². The molecule has 0 saturated heterocycles. The number of thioether (sulfide) groups is 1. The largest absolute Gasteiger partial charge is 0.327 e. The fraction of sp³-hybridized carbons (Fsp3) is 1.00. The van der Waals surface area contributed by atoms with E-state index in [0.717, 1.165) is 5.92 Å². The van der Waals surface area contributed by atoms with Gasteiger partial charge in [0.25, 0.3) is 0 Å². The first kappa shape index (κ1) is 14.3. The smallest absolute Gasteiger partial charge is 0.0155 e. The molecule has 0 amide bonds. The molecule has 0 heterocycles. The first-order valence-electron chi connectivity index (χ1n) is 6.49. The third-order valence-electron chi connectivity index (χ3n) is 3.99. The molecule has 4 atom stereocenters. The molecule has 0 aromatic heterocycles. The lowest BCUT2D eigenvalue weighted by molar-refractivity contribution is 0.162. The predicted octanol–water partition coefficient (Wildman–Crippen LogP) is 2.43. The van der Waals surface area contributed by atoms with Crippen LogP contribution in [0.3, 0.4) is 0 Å². The van der Waals surface area contributed by atoms with Gasteiger partial charge in [-0.05, 0) is 51.3 Å². The SMILES string of the molecule is CSCC(C)N(C)CC1CC(C)CCC1N. The second kappa shape index (κ2) is 6.87. The normalized spacial score (nSPS) is 33.0. The van der Waals surface area contributed by atoms with Crippen LogP contribution in [0.2, 0.25) is 0 Å². The van der Waals surface area contributed by atoms with Crippen molar-refractivity contribution in [3.63, 3.8) is 0 Å². The van der Waals surface area contributed by atoms with E-state index in [-0.39, 0.29) is 0 Å². The second-order valence-electron chi connectivity index (χ2n) is 5.59. The molecule has 0 aromatic carbocycles. The molecule has 4 unspecified atom stereocenters. The third kappa shape index (κ3) is 4.27. The van der Waals surface area contributed by atoms with Gasteiger partial charge in [0, 0.05) is 24.4 Å². The van der Waals surface area contributed by atoms with Crippen LogP contribution in [0, 0.1) is 11.8 Å². The summed E-state index contributed by atoms with van der Waals surface area (Å²) >= 11 is 1.93. The highest BCUT2D eigenvalue weighted by molar-refractivity contribution is 7.98. The van der Waals surface area contributed by atoms with Crippen LogP contribution in [0.1, 0.15) is 33.1 Å². The molecule has 1 aliphatic rings. The molecule has 16 heavy (non-hydrogen) atoms. The summed E-state index contributed by atoms with van der Waals surface area (Å²) in [6, 6.07) is 1.10. The Hall–Kier alpha value is 0.270. The van der Waals surface area contributed by atoms with E-state index in [1.165, 1.54) is 31.6 Å². The molecule has 96 valence electrons. The molecular weight excluding hydrogens is 216 g/mol. The van der Waals surface area contributed by atoms with Gasteiger partial charge in [-0.3, -0.25) is 0 Å². The van der Waals surface area contributed by atoms with E-state index in [1.54, 1.807) is 0 Å². The standard InChI is InChI=1S/C13H28N2S/c1-10-5-6-13(14)12(7-10)8-15(3)11(2)9-16-4/h10-13H,5-9,14H2,1-4H3. The maximum atomic E-state index is 6.23. The van der Waals surface area contributed by atoms with E-state index < -0.39 is 0 Å². The van der Waals surface area contributed by atoms with Gasteiger partial charge in [0.2, 0.25) is 0 Å². The number of nitrogens with two attached hydrogens (primary N) is 1. The van der Waals surface area contributed by atoms with Gasteiger partial charge >= 0.3 is 0 Å². The average Bonchev–Trinajstić information content (AvgIpc) is 2.23. The van der Waals surface area contributed by atoms with E-state index >= 15 is 0 Å². The van der Waals surface area contributed by atoms with Crippen molar-refractivity contribution in [2.75, 3.05) is 25.6 Å². The molecule has 0 spiro atoms. The zero-order valence-electron chi connectivity index (χ0n) is 11.3. The zero-order valence-corrected chi connectivity index (χ0v) is 12.1. The Balaban J connectivity index is 2.39. The minimum absolute atomic E-state index is 0.431. The lowest BCUT2D eigenvalue weighted by atomic mass is 9.79. The highest BCUT2D eigenvalue weighted by Gasteiger charge is 2.27. The van der Waals surface area contributed by atoms with Gasteiger partial charge in [-0.25, -0.2) is 0 Å². The molecular formula is C13H28N2S. The molecule has 2 nitrogen and oxygen atoms in total. The lowest BCUT2D eigenvalue weighted by Gasteiger charge is -2.36. The van der Waals surface area contributed by atoms with Crippen molar-refractivity contribution in [3.8, 4) is 0 Å². The number of rotatable bonds is 5. The Kier molecular flexibility index (Phi) is 6.16. The third-order valence-corrected chi connectivity index (χ3v) is 4.80. The Morgan fingerprint density at radius 3 is 2.75 bits per heavy atom. The summed E-state index contributed by atoms with van der Waals surface area (Å²) in [4.78, 5) is 2.49. The van der Waals surface area contributed by atoms with Gasteiger partial charge in [-0.15, -0.1) is 0 Å². The molecule has 3 heteroatoms. The first-order chi connectivity index (χ1) is 7.54. The summed E-state index contributed by atoms with van der Waals surface area (Å²) in [7, 11) is 2.24. The van der Waals surface area contributed by atoms with Crippen LogP contribution < -0.4 is 5.73 Å². The highest BCUT2D eigenvalue weighted by Crippen LogP contribution is 2.28. The van der Waals surface area contributed by atoms with Crippen LogP contribution in [-0.4, -0.2) is 42.6 Å². The van der Waals surface area contributed by atoms with E-state index in [2.05, 4.69) is 32.1 Å². The van der Waals surface area contributed by atoms with Crippen LogP contribution in [-0.2, 0) is 0 Å². The Bertz CT molecular complexity index is 198. The van der Waals surface area contributed by atoms with Gasteiger partial charge in [-0.2, -0.15) is 11.8 Å². The van der Waals surface area contributed by atoms with Crippen molar-refractivity contribution < 1.29 is 0 Å². The summed E-state index contributed by atoms with van der Waals surface area (Å²) in [6.45, 7) is 5.85. The first-order valence-corrected chi connectivity index (χ1v) is 7.88. The lowest BCUT2D eigenvalue weighted by Crippen LogP contribution is -2.44. The van der Waals surface area contributed by atoms with Gasteiger partial charge in [0.1, 0.15) is 0 Å². The molecule has 1 fully saturated rings.